The molecule has 262 valence electrons. The smallest absolute Gasteiger partial charge is 0.240 e. The Morgan fingerprint density at radius 1 is 0.268 bits per heavy atom. The Morgan fingerprint density at radius 3 is 1.12 bits per heavy atom. The van der Waals surface area contributed by atoms with Crippen LogP contribution in [0.4, 0.5) is 0 Å². The fourth-order valence-electron chi connectivity index (χ4n) is 8.27. The average molecular weight is 716 g/mol. The third-order valence-electron chi connectivity index (χ3n) is 10.8. The summed E-state index contributed by atoms with van der Waals surface area (Å²) < 4.78 is 4.34. The van der Waals surface area contributed by atoms with Gasteiger partial charge in [0.15, 0.2) is 5.82 Å². The van der Waals surface area contributed by atoms with Crippen molar-refractivity contribution in [2.75, 3.05) is 0 Å². The van der Waals surface area contributed by atoms with Crippen molar-refractivity contribution in [3.8, 4) is 56.7 Å². The molecule has 8 aromatic carbocycles. The molecule has 3 heterocycles. The van der Waals surface area contributed by atoms with E-state index in [4.69, 9.17) is 15.0 Å². The first-order valence-electron chi connectivity index (χ1n) is 18.9. The van der Waals surface area contributed by atoms with Gasteiger partial charge in [0.25, 0.3) is 0 Å². The Kier molecular flexibility index (Phi) is 7.42. The highest BCUT2D eigenvalue weighted by atomic mass is 15.3. The van der Waals surface area contributed by atoms with Crippen LogP contribution in [0.25, 0.3) is 100 Å². The molecule has 0 spiro atoms. The Morgan fingerprint density at radius 2 is 0.625 bits per heavy atom. The van der Waals surface area contributed by atoms with Crippen LogP contribution >= 0.6 is 0 Å². The van der Waals surface area contributed by atoms with E-state index >= 15 is 0 Å². The highest BCUT2D eigenvalue weighted by Crippen LogP contribution is 2.37. The third-order valence-corrected chi connectivity index (χ3v) is 10.8. The van der Waals surface area contributed by atoms with Gasteiger partial charge in [-0.2, -0.15) is 15.0 Å². The molecule has 0 saturated heterocycles. The molecule has 0 amide bonds. The Labute approximate surface area is 323 Å². The quantitative estimate of drug-likeness (QED) is 0.172. The lowest BCUT2D eigenvalue weighted by molar-refractivity contribution is 0.893. The molecule has 0 aliphatic carbocycles. The molecule has 0 bridgehead atoms. The zero-order valence-electron chi connectivity index (χ0n) is 30.3. The Balaban J connectivity index is 1.11. The van der Waals surface area contributed by atoms with E-state index in [1.807, 2.05) is 0 Å². The number of para-hydroxylation sites is 4. The van der Waals surface area contributed by atoms with Crippen molar-refractivity contribution in [2.24, 2.45) is 0 Å². The number of benzene rings is 8. The van der Waals surface area contributed by atoms with Crippen molar-refractivity contribution in [2.45, 2.75) is 0 Å². The molecule has 0 aliphatic heterocycles. The van der Waals surface area contributed by atoms with Crippen LogP contribution in [-0.4, -0.2) is 24.1 Å². The predicted molar refractivity (Wildman–Crippen MR) is 230 cm³/mol. The SMILES string of the molecule is c1ccc(-c2ccccc2-c2cccc(-c3cccc(-c4nc(-n5c6ccccc6c6ccccc65)nc(-n5c6ccccc6c6ccccc65)n4)c3)c2)cc1. The molecule has 11 aromatic rings. The van der Waals surface area contributed by atoms with E-state index < -0.39 is 0 Å². The van der Waals surface area contributed by atoms with Crippen molar-refractivity contribution in [1.82, 2.24) is 24.1 Å². The van der Waals surface area contributed by atoms with Gasteiger partial charge in [-0.3, -0.25) is 9.13 Å². The minimum absolute atomic E-state index is 0.564. The molecule has 56 heavy (non-hydrogen) atoms. The first-order chi connectivity index (χ1) is 27.8. The molecule has 0 fully saturated rings. The van der Waals surface area contributed by atoms with Crippen LogP contribution in [0.3, 0.4) is 0 Å². The first-order valence-corrected chi connectivity index (χ1v) is 18.9. The van der Waals surface area contributed by atoms with E-state index in [0.717, 1.165) is 65.9 Å². The summed E-state index contributed by atoms with van der Waals surface area (Å²) in [6.07, 6.45) is 0. The van der Waals surface area contributed by atoms with Crippen molar-refractivity contribution in [3.05, 3.63) is 200 Å². The zero-order valence-corrected chi connectivity index (χ0v) is 30.3. The normalized spacial score (nSPS) is 11.6. The zero-order chi connectivity index (χ0) is 37.0. The lowest BCUT2D eigenvalue weighted by atomic mass is 9.92. The van der Waals surface area contributed by atoms with Gasteiger partial charge in [0.2, 0.25) is 11.9 Å². The van der Waals surface area contributed by atoms with Crippen LogP contribution in [0, 0.1) is 0 Å². The second-order valence-electron chi connectivity index (χ2n) is 14.1. The van der Waals surface area contributed by atoms with Gasteiger partial charge in [0.05, 0.1) is 22.1 Å². The highest BCUT2D eigenvalue weighted by Gasteiger charge is 2.20. The van der Waals surface area contributed by atoms with E-state index in [1.165, 1.54) is 16.7 Å². The summed E-state index contributed by atoms with van der Waals surface area (Å²) >= 11 is 0. The molecular weight excluding hydrogens is 683 g/mol. The molecule has 0 unspecified atom stereocenters. The summed E-state index contributed by atoms with van der Waals surface area (Å²) in [5.74, 6) is 1.73. The van der Waals surface area contributed by atoms with Crippen molar-refractivity contribution in [1.29, 1.82) is 0 Å². The fourth-order valence-corrected chi connectivity index (χ4v) is 8.27. The molecule has 5 nitrogen and oxygen atoms in total. The summed E-state index contributed by atoms with van der Waals surface area (Å²) in [7, 11) is 0. The molecule has 11 rings (SSSR count). The number of nitrogens with zero attached hydrogens (tertiary/aromatic N) is 5. The molecule has 0 atom stereocenters. The van der Waals surface area contributed by atoms with Gasteiger partial charge in [0.1, 0.15) is 0 Å². The standard InChI is InChI=1S/C51H33N5/c1-2-16-34(17-3-1)39-22-4-5-23-40(39)37-20-14-18-35(32-37)36-19-15-21-38(33-36)49-52-50(55-45-28-10-6-24-41(45)42-25-7-11-29-46(42)55)54-51(53-49)56-47-30-12-8-26-43(47)44-27-9-13-31-48(44)56/h1-33H. The minimum Gasteiger partial charge on any atom is -0.278 e. The lowest BCUT2D eigenvalue weighted by Crippen LogP contribution is -2.10. The maximum atomic E-state index is 5.31. The van der Waals surface area contributed by atoms with E-state index in [2.05, 4.69) is 209 Å². The number of hydrogen-bond acceptors (Lipinski definition) is 3. The van der Waals surface area contributed by atoms with Gasteiger partial charge in [0, 0.05) is 27.1 Å². The molecule has 0 saturated carbocycles. The van der Waals surface area contributed by atoms with Gasteiger partial charge in [-0.05, 0) is 69.8 Å². The first kappa shape index (κ1) is 31.9. The van der Waals surface area contributed by atoms with Gasteiger partial charge >= 0.3 is 0 Å². The summed E-state index contributed by atoms with van der Waals surface area (Å²) in [5, 5.41) is 4.61. The minimum atomic E-state index is 0.564. The van der Waals surface area contributed by atoms with Crippen molar-refractivity contribution >= 4 is 43.6 Å². The van der Waals surface area contributed by atoms with E-state index in [-0.39, 0.29) is 0 Å². The third kappa shape index (κ3) is 5.21. The molecule has 0 N–H and O–H groups in total. The second-order valence-corrected chi connectivity index (χ2v) is 14.1. The molecule has 0 radical (unpaired) electrons. The lowest BCUT2D eigenvalue weighted by Gasteiger charge is -2.14. The van der Waals surface area contributed by atoms with Gasteiger partial charge in [-0.15, -0.1) is 0 Å². The van der Waals surface area contributed by atoms with E-state index in [1.54, 1.807) is 0 Å². The largest absolute Gasteiger partial charge is 0.278 e. The Hall–Kier alpha value is -7.63. The van der Waals surface area contributed by atoms with Gasteiger partial charge < -0.3 is 0 Å². The number of hydrogen-bond donors (Lipinski definition) is 0. The molecule has 3 aromatic heterocycles. The van der Waals surface area contributed by atoms with E-state index in [0.29, 0.717) is 17.7 Å². The second kappa shape index (κ2) is 13.0. The number of fused-ring (bicyclic) bond motifs is 6. The molecule has 0 aliphatic rings. The molecular formula is C51H33N5. The summed E-state index contributed by atoms with van der Waals surface area (Å²) in [6, 6.07) is 70.4. The van der Waals surface area contributed by atoms with Gasteiger partial charge in [-0.1, -0.05) is 164 Å². The predicted octanol–water partition coefficient (Wildman–Crippen LogP) is 12.7. The van der Waals surface area contributed by atoms with E-state index in [9.17, 15) is 0 Å². The highest BCUT2D eigenvalue weighted by molar-refractivity contribution is 6.10. The number of aromatic nitrogens is 5. The van der Waals surface area contributed by atoms with Crippen LogP contribution in [0.1, 0.15) is 0 Å². The Bertz CT molecular complexity index is 3030. The van der Waals surface area contributed by atoms with Crippen molar-refractivity contribution in [3.63, 3.8) is 0 Å². The van der Waals surface area contributed by atoms with Gasteiger partial charge in [-0.25, -0.2) is 0 Å². The fraction of sp³-hybridized carbons (Fsp3) is 0. The van der Waals surface area contributed by atoms with Crippen molar-refractivity contribution < 1.29 is 0 Å². The van der Waals surface area contributed by atoms with Crippen LogP contribution in [-0.2, 0) is 0 Å². The maximum absolute atomic E-state index is 5.31. The number of rotatable bonds is 6. The molecule has 5 heteroatoms. The average Bonchev–Trinajstić information content (AvgIpc) is 3.80. The van der Waals surface area contributed by atoms with Crippen LogP contribution < -0.4 is 0 Å². The topological polar surface area (TPSA) is 48.5 Å². The van der Waals surface area contributed by atoms with Crippen LogP contribution in [0.15, 0.2) is 200 Å². The maximum Gasteiger partial charge on any atom is 0.240 e. The summed E-state index contributed by atoms with van der Waals surface area (Å²) in [5.41, 5.74) is 12.0. The summed E-state index contributed by atoms with van der Waals surface area (Å²) in [6.45, 7) is 0. The van der Waals surface area contributed by atoms with Crippen LogP contribution in [0.5, 0.6) is 0 Å². The monoisotopic (exact) mass is 715 g/mol. The van der Waals surface area contributed by atoms with Crippen LogP contribution in [0.2, 0.25) is 0 Å². The summed E-state index contributed by atoms with van der Waals surface area (Å²) in [4.78, 5) is 15.9.